The lowest BCUT2D eigenvalue weighted by molar-refractivity contribution is -0.117. The molecule has 0 saturated carbocycles. The van der Waals surface area contributed by atoms with Crippen LogP contribution in [-0.4, -0.2) is 44.5 Å². The van der Waals surface area contributed by atoms with Crippen LogP contribution in [-0.2, 0) is 4.79 Å². The van der Waals surface area contributed by atoms with E-state index in [0.717, 1.165) is 35.6 Å². The normalized spacial score (nSPS) is 16.4. The Morgan fingerprint density at radius 1 is 1.25 bits per heavy atom. The number of carbonyl (C=O) groups is 1. The van der Waals surface area contributed by atoms with Crippen LogP contribution < -0.4 is 10.2 Å². The van der Waals surface area contributed by atoms with Gasteiger partial charge >= 0.3 is 0 Å². The number of thioether (sulfide) groups is 1. The molecule has 0 bridgehead atoms. The number of carbonyl (C=O) groups excluding carboxylic acids is 1. The average Bonchev–Trinajstić information content (AvgIpc) is 3.16. The number of rotatable bonds is 4. The summed E-state index contributed by atoms with van der Waals surface area (Å²) >= 11 is 1.84. The summed E-state index contributed by atoms with van der Waals surface area (Å²) in [5.74, 6) is 0.0735. The Bertz CT molecular complexity index is 975. The van der Waals surface area contributed by atoms with E-state index in [9.17, 15) is 4.79 Å². The number of tetrazole rings is 1. The fourth-order valence-corrected chi connectivity index (χ4v) is 4.43. The van der Waals surface area contributed by atoms with Gasteiger partial charge in [0.25, 0.3) is 0 Å². The number of aromatic nitrogens is 4. The molecule has 28 heavy (non-hydrogen) atoms. The third-order valence-corrected chi connectivity index (χ3v) is 6.02. The lowest BCUT2D eigenvalue weighted by Crippen LogP contribution is -2.36. The molecule has 1 amide bonds. The largest absolute Gasteiger partial charge is 0.376 e. The Hall–Kier alpha value is -2.87. The van der Waals surface area contributed by atoms with Gasteiger partial charge in [-0.3, -0.25) is 4.79 Å². The summed E-state index contributed by atoms with van der Waals surface area (Å²) in [5, 5.41) is 15.0. The predicted octanol–water partition coefficient (Wildman–Crippen LogP) is 3.30. The third kappa shape index (κ3) is 3.87. The lowest BCUT2D eigenvalue weighted by Gasteiger charge is -2.23. The summed E-state index contributed by atoms with van der Waals surface area (Å²) in [4.78, 5) is 16.0. The minimum atomic E-state index is 0.0735. The molecule has 0 saturated heterocycles. The first-order valence-corrected chi connectivity index (χ1v) is 10.1. The van der Waals surface area contributed by atoms with Crippen LogP contribution in [0.1, 0.15) is 18.9 Å². The number of amides is 1. The van der Waals surface area contributed by atoms with Crippen molar-refractivity contribution in [3.8, 4) is 5.69 Å². The van der Waals surface area contributed by atoms with Gasteiger partial charge < -0.3 is 10.2 Å². The number of aryl methyl sites for hydroxylation is 1. The van der Waals surface area contributed by atoms with Crippen molar-refractivity contribution in [1.82, 2.24) is 20.2 Å². The van der Waals surface area contributed by atoms with Gasteiger partial charge in [-0.25, -0.2) is 4.68 Å². The molecule has 1 aromatic heterocycles. The van der Waals surface area contributed by atoms with E-state index in [1.165, 1.54) is 4.90 Å². The van der Waals surface area contributed by atoms with Crippen molar-refractivity contribution in [1.29, 1.82) is 0 Å². The molecular weight excluding hydrogens is 372 g/mol. The van der Waals surface area contributed by atoms with E-state index in [-0.39, 0.29) is 12.5 Å². The molecule has 0 radical (unpaired) electrons. The van der Waals surface area contributed by atoms with E-state index in [2.05, 4.69) is 33.8 Å². The molecule has 1 N–H and O–H groups in total. The highest BCUT2D eigenvalue weighted by atomic mass is 32.2. The number of anilines is 2. The monoisotopic (exact) mass is 394 g/mol. The summed E-state index contributed by atoms with van der Waals surface area (Å²) in [6.07, 6.45) is 2.54. The van der Waals surface area contributed by atoms with Gasteiger partial charge in [-0.15, -0.1) is 16.9 Å². The Labute approximate surface area is 168 Å². The van der Waals surface area contributed by atoms with Crippen molar-refractivity contribution >= 4 is 29.0 Å². The number of benzene rings is 2. The quantitative estimate of drug-likeness (QED) is 0.732. The number of hydrogen-bond acceptors (Lipinski definition) is 6. The van der Waals surface area contributed by atoms with Crippen LogP contribution in [0.4, 0.5) is 11.4 Å². The van der Waals surface area contributed by atoms with E-state index >= 15 is 0 Å². The number of fused-ring (bicyclic) bond motifs is 1. The SMILES string of the molecule is Cc1cc(NCC(=O)N2CC[C@@H](C)Sc3ccccc32)ccc1-n1cnnn1. The van der Waals surface area contributed by atoms with Crippen molar-refractivity contribution in [2.24, 2.45) is 0 Å². The summed E-state index contributed by atoms with van der Waals surface area (Å²) in [5.41, 5.74) is 3.84. The van der Waals surface area contributed by atoms with E-state index in [4.69, 9.17) is 0 Å². The number of para-hydroxylation sites is 1. The summed E-state index contributed by atoms with van der Waals surface area (Å²) < 4.78 is 1.62. The molecule has 1 aliphatic rings. The highest BCUT2D eigenvalue weighted by molar-refractivity contribution is 8.00. The summed E-state index contributed by atoms with van der Waals surface area (Å²) in [6, 6.07) is 14.0. The van der Waals surface area contributed by atoms with Crippen LogP contribution in [0.5, 0.6) is 0 Å². The molecule has 2 heterocycles. The van der Waals surface area contributed by atoms with Gasteiger partial charge in [-0.1, -0.05) is 19.1 Å². The van der Waals surface area contributed by atoms with Gasteiger partial charge in [0, 0.05) is 22.4 Å². The first kappa shape index (κ1) is 18.5. The maximum absolute atomic E-state index is 13.0. The number of hydrogen-bond donors (Lipinski definition) is 1. The van der Waals surface area contributed by atoms with Crippen LogP contribution in [0.15, 0.2) is 53.7 Å². The second kappa shape index (κ2) is 8.02. The van der Waals surface area contributed by atoms with Crippen molar-refractivity contribution in [2.45, 2.75) is 30.4 Å². The zero-order valence-electron chi connectivity index (χ0n) is 15.9. The van der Waals surface area contributed by atoms with Crippen LogP contribution in [0.3, 0.4) is 0 Å². The third-order valence-electron chi connectivity index (χ3n) is 4.78. The zero-order chi connectivity index (χ0) is 19.5. The van der Waals surface area contributed by atoms with E-state index in [1.807, 2.05) is 60.0 Å². The Balaban J connectivity index is 1.47. The number of nitrogens with one attached hydrogen (secondary N) is 1. The van der Waals surface area contributed by atoms with Gasteiger partial charge in [0.2, 0.25) is 5.91 Å². The highest BCUT2D eigenvalue weighted by Gasteiger charge is 2.23. The smallest absolute Gasteiger partial charge is 0.246 e. The molecular formula is C20H22N6OS. The second-order valence-electron chi connectivity index (χ2n) is 6.84. The number of nitrogens with zero attached hydrogens (tertiary/aromatic N) is 5. The van der Waals surface area contributed by atoms with Gasteiger partial charge in [-0.2, -0.15) is 0 Å². The van der Waals surface area contributed by atoms with Crippen molar-refractivity contribution in [3.63, 3.8) is 0 Å². The summed E-state index contributed by atoms with van der Waals surface area (Å²) in [7, 11) is 0. The van der Waals surface area contributed by atoms with Crippen LogP contribution in [0.25, 0.3) is 5.69 Å². The van der Waals surface area contributed by atoms with Crippen LogP contribution in [0.2, 0.25) is 0 Å². The maximum Gasteiger partial charge on any atom is 0.246 e. The topological polar surface area (TPSA) is 75.9 Å². The van der Waals surface area contributed by atoms with Gasteiger partial charge in [-0.05, 0) is 59.7 Å². The summed E-state index contributed by atoms with van der Waals surface area (Å²) in [6.45, 7) is 5.19. The fraction of sp³-hybridized carbons (Fsp3) is 0.300. The molecule has 0 fully saturated rings. The van der Waals surface area contributed by atoms with Crippen LogP contribution in [0, 0.1) is 6.92 Å². The molecule has 7 nitrogen and oxygen atoms in total. The van der Waals surface area contributed by atoms with Crippen molar-refractivity contribution in [2.75, 3.05) is 23.3 Å². The van der Waals surface area contributed by atoms with Gasteiger partial charge in [0.05, 0.1) is 17.9 Å². The predicted molar refractivity (Wildman–Crippen MR) is 111 cm³/mol. The maximum atomic E-state index is 13.0. The van der Waals surface area contributed by atoms with Crippen molar-refractivity contribution in [3.05, 3.63) is 54.4 Å². The first-order valence-electron chi connectivity index (χ1n) is 9.26. The molecule has 2 aromatic carbocycles. The second-order valence-corrected chi connectivity index (χ2v) is 8.32. The lowest BCUT2D eigenvalue weighted by atomic mass is 10.1. The molecule has 4 rings (SSSR count). The molecule has 1 atom stereocenters. The van der Waals surface area contributed by atoms with E-state index in [1.54, 1.807) is 11.0 Å². The Morgan fingerprint density at radius 3 is 2.89 bits per heavy atom. The van der Waals surface area contributed by atoms with Gasteiger partial charge in [0.15, 0.2) is 0 Å². The Morgan fingerprint density at radius 2 is 2.11 bits per heavy atom. The van der Waals surface area contributed by atoms with Crippen molar-refractivity contribution < 1.29 is 4.79 Å². The molecule has 0 spiro atoms. The van der Waals surface area contributed by atoms with Gasteiger partial charge in [0.1, 0.15) is 6.33 Å². The van der Waals surface area contributed by atoms with Crippen LogP contribution >= 0.6 is 11.8 Å². The zero-order valence-corrected chi connectivity index (χ0v) is 16.7. The molecule has 1 aliphatic heterocycles. The minimum absolute atomic E-state index is 0.0735. The van der Waals surface area contributed by atoms with E-state index < -0.39 is 0 Å². The Kier molecular flexibility index (Phi) is 5.29. The average molecular weight is 395 g/mol. The van der Waals surface area contributed by atoms with E-state index in [0.29, 0.717) is 5.25 Å². The fourth-order valence-electron chi connectivity index (χ4n) is 3.31. The molecule has 144 valence electrons. The molecule has 8 heteroatoms. The first-order chi connectivity index (χ1) is 13.6. The molecule has 0 unspecified atom stereocenters. The minimum Gasteiger partial charge on any atom is -0.376 e. The molecule has 0 aliphatic carbocycles. The molecule has 3 aromatic rings. The standard InChI is InChI=1S/C20H22N6OS/c1-14-11-16(7-8-17(14)26-13-22-23-24-26)21-12-20(27)25-10-9-15(2)28-19-6-4-3-5-18(19)25/h3-8,11,13,15,21H,9-10,12H2,1-2H3/t15-/m1/s1. The highest BCUT2D eigenvalue weighted by Crippen LogP contribution is 2.37.